The maximum Gasteiger partial charge on any atom is 0.276 e. The summed E-state index contributed by atoms with van der Waals surface area (Å²) in [6.45, 7) is 4.48. The summed E-state index contributed by atoms with van der Waals surface area (Å²) in [5.41, 5.74) is 2.43. The maximum atomic E-state index is 12.7. The SMILES string of the molecule is Cc1c(C(=O)N(C)Cc2ccccc2)nnn1C1CCNCC1. The van der Waals surface area contributed by atoms with Crippen molar-refractivity contribution in [3.63, 3.8) is 0 Å². The van der Waals surface area contributed by atoms with Crippen molar-refractivity contribution in [1.82, 2.24) is 25.2 Å². The lowest BCUT2D eigenvalue weighted by molar-refractivity contribution is 0.0778. The molecule has 6 heteroatoms. The number of hydrogen-bond donors (Lipinski definition) is 1. The van der Waals surface area contributed by atoms with Crippen LogP contribution in [0.3, 0.4) is 0 Å². The van der Waals surface area contributed by atoms with Gasteiger partial charge in [-0.15, -0.1) is 5.10 Å². The molecule has 6 nitrogen and oxygen atoms in total. The van der Waals surface area contributed by atoms with Crippen LogP contribution in [0.15, 0.2) is 30.3 Å². The van der Waals surface area contributed by atoms with Crippen LogP contribution in [0, 0.1) is 6.92 Å². The minimum absolute atomic E-state index is 0.0773. The summed E-state index contributed by atoms with van der Waals surface area (Å²) < 4.78 is 1.92. The van der Waals surface area contributed by atoms with Crippen molar-refractivity contribution in [2.24, 2.45) is 0 Å². The minimum atomic E-state index is -0.0773. The number of piperidine rings is 1. The van der Waals surface area contributed by atoms with Gasteiger partial charge in [0.1, 0.15) is 0 Å². The van der Waals surface area contributed by atoms with Gasteiger partial charge < -0.3 is 10.2 Å². The maximum absolute atomic E-state index is 12.7. The molecule has 0 atom stereocenters. The third kappa shape index (κ3) is 3.42. The Bertz CT molecular complexity index is 661. The number of aromatic nitrogens is 3. The van der Waals surface area contributed by atoms with E-state index in [4.69, 9.17) is 0 Å². The van der Waals surface area contributed by atoms with Gasteiger partial charge in [0, 0.05) is 13.6 Å². The Morgan fingerprint density at radius 2 is 2.00 bits per heavy atom. The molecule has 3 rings (SSSR count). The molecule has 0 radical (unpaired) electrons. The number of nitrogens with zero attached hydrogens (tertiary/aromatic N) is 4. The zero-order valence-electron chi connectivity index (χ0n) is 13.7. The molecule has 2 heterocycles. The highest BCUT2D eigenvalue weighted by Gasteiger charge is 2.24. The largest absolute Gasteiger partial charge is 0.336 e. The molecule has 0 spiro atoms. The van der Waals surface area contributed by atoms with E-state index in [0.717, 1.165) is 37.2 Å². The van der Waals surface area contributed by atoms with Crippen molar-refractivity contribution in [1.29, 1.82) is 0 Å². The lowest BCUT2D eigenvalue weighted by atomic mass is 10.1. The molecule has 0 bridgehead atoms. The smallest absolute Gasteiger partial charge is 0.276 e. The summed E-state index contributed by atoms with van der Waals surface area (Å²) in [4.78, 5) is 14.4. The Morgan fingerprint density at radius 3 is 2.70 bits per heavy atom. The van der Waals surface area contributed by atoms with Crippen LogP contribution in [0.2, 0.25) is 0 Å². The molecule has 1 saturated heterocycles. The summed E-state index contributed by atoms with van der Waals surface area (Å²) in [5, 5.41) is 11.7. The average molecular weight is 313 g/mol. The fourth-order valence-electron chi connectivity index (χ4n) is 3.05. The molecule has 1 aromatic carbocycles. The van der Waals surface area contributed by atoms with Gasteiger partial charge in [0.15, 0.2) is 5.69 Å². The molecule has 1 aliphatic rings. The van der Waals surface area contributed by atoms with Crippen LogP contribution in [0.4, 0.5) is 0 Å². The van der Waals surface area contributed by atoms with Crippen LogP contribution in [0.1, 0.15) is 40.6 Å². The number of hydrogen-bond acceptors (Lipinski definition) is 4. The van der Waals surface area contributed by atoms with Gasteiger partial charge in [-0.3, -0.25) is 4.79 Å². The predicted molar refractivity (Wildman–Crippen MR) is 88.1 cm³/mol. The minimum Gasteiger partial charge on any atom is -0.336 e. The first-order chi connectivity index (χ1) is 11.2. The normalized spacial score (nSPS) is 15.6. The van der Waals surface area contributed by atoms with Gasteiger partial charge in [-0.05, 0) is 38.4 Å². The zero-order valence-corrected chi connectivity index (χ0v) is 13.7. The number of amides is 1. The lowest BCUT2D eigenvalue weighted by Crippen LogP contribution is -2.30. The summed E-state index contributed by atoms with van der Waals surface area (Å²) >= 11 is 0. The molecule has 2 aromatic rings. The Labute approximate surface area is 136 Å². The Hall–Kier alpha value is -2.21. The summed E-state index contributed by atoms with van der Waals surface area (Å²) in [5.74, 6) is -0.0773. The molecule has 1 N–H and O–H groups in total. The molecule has 23 heavy (non-hydrogen) atoms. The van der Waals surface area contributed by atoms with Crippen LogP contribution in [0.5, 0.6) is 0 Å². The van der Waals surface area contributed by atoms with Crippen LogP contribution in [-0.4, -0.2) is 45.9 Å². The van der Waals surface area contributed by atoms with E-state index in [9.17, 15) is 4.79 Å². The highest BCUT2D eigenvalue weighted by Crippen LogP contribution is 2.21. The van der Waals surface area contributed by atoms with Crippen LogP contribution >= 0.6 is 0 Å². The molecular formula is C17H23N5O. The Morgan fingerprint density at radius 1 is 1.30 bits per heavy atom. The molecule has 1 amide bonds. The number of rotatable bonds is 4. The molecule has 1 fully saturated rings. The fourth-order valence-corrected chi connectivity index (χ4v) is 3.05. The molecular weight excluding hydrogens is 290 g/mol. The van der Waals surface area contributed by atoms with E-state index in [1.54, 1.807) is 11.9 Å². The molecule has 1 aliphatic heterocycles. The van der Waals surface area contributed by atoms with E-state index in [1.165, 1.54) is 0 Å². The van der Waals surface area contributed by atoms with Gasteiger partial charge in [-0.25, -0.2) is 4.68 Å². The van der Waals surface area contributed by atoms with Crippen molar-refractivity contribution in [2.45, 2.75) is 32.4 Å². The monoisotopic (exact) mass is 313 g/mol. The topological polar surface area (TPSA) is 63.1 Å². The van der Waals surface area contributed by atoms with Crippen molar-refractivity contribution in [3.05, 3.63) is 47.3 Å². The van der Waals surface area contributed by atoms with E-state index < -0.39 is 0 Å². The molecule has 0 saturated carbocycles. The Kier molecular flexibility index (Phi) is 4.71. The van der Waals surface area contributed by atoms with Gasteiger partial charge >= 0.3 is 0 Å². The van der Waals surface area contributed by atoms with Gasteiger partial charge in [-0.1, -0.05) is 35.5 Å². The van der Waals surface area contributed by atoms with E-state index in [1.807, 2.05) is 41.9 Å². The lowest BCUT2D eigenvalue weighted by Gasteiger charge is -2.23. The first kappa shape index (κ1) is 15.7. The van der Waals surface area contributed by atoms with Crippen molar-refractivity contribution in [2.75, 3.05) is 20.1 Å². The van der Waals surface area contributed by atoms with E-state index in [2.05, 4.69) is 15.6 Å². The second-order valence-corrected chi connectivity index (χ2v) is 6.10. The van der Waals surface area contributed by atoms with Crippen LogP contribution in [0.25, 0.3) is 0 Å². The number of carbonyl (C=O) groups is 1. The second-order valence-electron chi connectivity index (χ2n) is 6.10. The van der Waals surface area contributed by atoms with Crippen LogP contribution < -0.4 is 5.32 Å². The first-order valence-corrected chi connectivity index (χ1v) is 8.08. The number of carbonyl (C=O) groups excluding carboxylic acids is 1. The molecule has 122 valence electrons. The van der Waals surface area contributed by atoms with Gasteiger partial charge in [0.2, 0.25) is 0 Å². The Balaban J connectivity index is 1.73. The van der Waals surface area contributed by atoms with Crippen molar-refractivity contribution in [3.8, 4) is 0 Å². The highest BCUT2D eigenvalue weighted by atomic mass is 16.2. The van der Waals surface area contributed by atoms with Crippen molar-refractivity contribution < 1.29 is 4.79 Å². The highest BCUT2D eigenvalue weighted by molar-refractivity contribution is 5.93. The van der Waals surface area contributed by atoms with Crippen molar-refractivity contribution >= 4 is 5.91 Å². The molecule has 0 aliphatic carbocycles. The third-order valence-corrected chi connectivity index (χ3v) is 4.39. The van der Waals surface area contributed by atoms with Gasteiger partial charge in [-0.2, -0.15) is 0 Å². The molecule has 1 aromatic heterocycles. The fraction of sp³-hybridized carbons (Fsp3) is 0.471. The second kappa shape index (κ2) is 6.91. The summed E-state index contributed by atoms with van der Waals surface area (Å²) in [7, 11) is 1.80. The first-order valence-electron chi connectivity index (χ1n) is 8.08. The molecule has 0 unspecified atom stereocenters. The van der Waals surface area contributed by atoms with E-state index in [0.29, 0.717) is 18.3 Å². The van der Waals surface area contributed by atoms with E-state index >= 15 is 0 Å². The third-order valence-electron chi connectivity index (χ3n) is 4.39. The van der Waals surface area contributed by atoms with Gasteiger partial charge in [0.05, 0.1) is 11.7 Å². The number of nitrogens with one attached hydrogen (secondary N) is 1. The predicted octanol–water partition coefficient (Wildman–Crippen LogP) is 1.78. The summed E-state index contributed by atoms with van der Waals surface area (Å²) in [6.07, 6.45) is 2.05. The van der Waals surface area contributed by atoms with E-state index in [-0.39, 0.29) is 5.91 Å². The number of benzene rings is 1. The summed E-state index contributed by atoms with van der Waals surface area (Å²) in [6, 6.07) is 10.3. The zero-order chi connectivity index (χ0) is 16.2. The van der Waals surface area contributed by atoms with Crippen LogP contribution in [-0.2, 0) is 6.54 Å². The quantitative estimate of drug-likeness (QED) is 0.934. The van der Waals surface area contributed by atoms with Gasteiger partial charge in [0.25, 0.3) is 5.91 Å². The standard InChI is InChI=1S/C17H23N5O/c1-13-16(19-20-22(13)15-8-10-18-11-9-15)17(23)21(2)12-14-6-4-3-5-7-14/h3-7,15,18H,8-12H2,1-2H3. The average Bonchev–Trinajstić information content (AvgIpc) is 2.97.